The second kappa shape index (κ2) is 22.9. The largest absolute Gasteiger partial charge is 0.423 e. The van der Waals surface area contributed by atoms with Crippen molar-refractivity contribution in [3.63, 3.8) is 0 Å². The van der Waals surface area contributed by atoms with Crippen LogP contribution in [0.1, 0.15) is 36.6 Å². The Labute approximate surface area is 70.5 Å². The van der Waals surface area contributed by atoms with Crippen LogP contribution >= 0.6 is 0 Å². The molecule has 0 radical (unpaired) electrons. The summed E-state index contributed by atoms with van der Waals surface area (Å²) in [5, 5.41) is 0. The molecule has 0 fully saturated rings. The zero-order valence-corrected chi connectivity index (χ0v) is 5.85. The topological polar surface area (TPSA) is 9.23 Å². The molecular weight excluding hydrogens is 140 g/mol. The summed E-state index contributed by atoms with van der Waals surface area (Å²) in [7, 11) is 1.13. The van der Waals surface area contributed by atoms with Crippen LogP contribution in [0.5, 0.6) is 0 Å². The van der Waals surface area contributed by atoms with Gasteiger partial charge in [-0.2, -0.15) is 0 Å². The van der Waals surface area contributed by atoms with Gasteiger partial charge in [-0.1, -0.05) is 36.6 Å². The monoisotopic (exact) mass is 168 g/mol. The molecule has 1 atom stereocenters. The lowest BCUT2D eigenvalue weighted by Crippen LogP contribution is -2.06. The van der Waals surface area contributed by atoms with Crippen LogP contribution in [0.2, 0.25) is 12.6 Å². The summed E-state index contributed by atoms with van der Waals surface area (Å²) in [5.74, 6) is 0. The molecule has 0 spiro atoms. The van der Waals surface area contributed by atoms with E-state index in [-0.39, 0.29) is 29.7 Å². The van der Waals surface area contributed by atoms with Gasteiger partial charge < -0.3 is 4.43 Å². The molecule has 70 valence electrons. The average Bonchev–Trinajstić information content (AvgIpc) is 1.65. The van der Waals surface area contributed by atoms with E-state index in [9.17, 15) is 0 Å². The molecule has 0 amide bonds. The van der Waals surface area contributed by atoms with Crippen molar-refractivity contribution in [2.45, 2.75) is 49.2 Å². The lowest BCUT2D eigenvalue weighted by Gasteiger charge is -1.98. The molecule has 0 rings (SSSR count). The smallest absolute Gasteiger partial charge is 0.173 e. The molecule has 10 heavy (non-hydrogen) atoms. The van der Waals surface area contributed by atoms with Crippen LogP contribution in [0, 0.1) is 0 Å². The first-order valence-corrected chi connectivity index (χ1v) is 4.78. The molecule has 0 bridgehead atoms. The maximum atomic E-state index is 5.04. The lowest BCUT2D eigenvalue weighted by atomic mass is 11.0. The molecule has 2 heteroatoms. The predicted octanol–water partition coefficient (Wildman–Crippen LogP) is 3.55. The van der Waals surface area contributed by atoms with E-state index in [1.807, 2.05) is 0 Å². The van der Waals surface area contributed by atoms with Gasteiger partial charge in [-0.05, 0) is 12.6 Å². The quantitative estimate of drug-likeness (QED) is 0.573. The number of rotatable bonds is 2. The van der Waals surface area contributed by atoms with Crippen LogP contribution in [0.4, 0.5) is 0 Å². The SMILES string of the molecule is C.C.C.C.CC[SiH](C)OC. The van der Waals surface area contributed by atoms with Crippen LogP contribution in [-0.2, 0) is 4.43 Å². The van der Waals surface area contributed by atoms with E-state index < -0.39 is 9.04 Å². The van der Waals surface area contributed by atoms with E-state index >= 15 is 0 Å². The van der Waals surface area contributed by atoms with Crippen molar-refractivity contribution in [1.29, 1.82) is 0 Å². The minimum atomic E-state index is -0.660. The summed E-state index contributed by atoms with van der Waals surface area (Å²) >= 11 is 0. The minimum Gasteiger partial charge on any atom is -0.423 e. The molecule has 0 aromatic carbocycles. The van der Waals surface area contributed by atoms with E-state index in [2.05, 4.69) is 13.5 Å². The zero-order valence-electron chi connectivity index (χ0n) is 4.69. The van der Waals surface area contributed by atoms with Gasteiger partial charge in [-0.25, -0.2) is 0 Å². The molecule has 0 saturated heterocycles. The van der Waals surface area contributed by atoms with Gasteiger partial charge in [-0.15, -0.1) is 0 Å². The first kappa shape index (κ1) is 32.0. The molecule has 0 aliphatic heterocycles. The molecule has 0 aliphatic carbocycles. The maximum Gasteiger partial charge on any atom is 0.173 e. The second-order valence-electron chi connectivity index (χ2n) is 1.45. The van der Waals surface area contributed by atoms with Crippen molar-refractivity contribution in [2.75, 3.05) is 7.11 Å². The summed E-state index contributed by atoms with van der Waals surface area (Å²) in [6, 6.07) is 1.25. The summed E-state index contributed by atoms with van der Waals surface area (Å²) in [4.78, 5) is 0. The molecule has 0 aliphatic rings. The third-order valence-corrected chi connectivity index (χ3v) is 2.93. The highest BCUT2D eigenvalue weighted by Gasteiger charge is 1.92. The van der Waals surface area contributed by atoms with Crippen molar-refractivity contribution in [3.05, 3.63) is 0 Å². The van der Waals surface area contributed by atoms with Gasteiger partial charge in [0.1, 0.15) is 0 Å². The molecule has 0 saturated carbocycles. The van der Waals surface area contributed by atoms with Gasteiger partial charge in [0.15, 0.2) is 9.04 Å². The van der Waals surface area contributed by atoms with E-state index in [1.165, 1.54) is 6.04 Å². The molecule has 0 aromatic heterocycles. The Hall–Kier alpha value is 0.177. The minimum absolute atomic E-state index is 0. The standard InChI is InChI=1S/C4H12OSi.4CH4/c1-4-6(3)5-2;;;;/h6H,4H2,1-3H3;4*1H4. The fraction of sp³-hybridized carbons (Fsp3) is 1.00. The fourth-order valence-corrected chi connectivity index (χ4v) is 0.500. The first-order chi connectivity index (χ1) is 2.81. The zero-order chi connectivity index (χ0) is 4.99. The van der Waals surface area contributed by atoms with Crippen molar-refractivity contribution < 1.29 is 4.43 Å². The van der Waals surface area contributed by atoms with Crippen molar-refractivity contribution in [2.24, 2.45) is 0 Å². The molecule has 1 unspecified atom stereocenters. The predicted molar refractivity (Wildman–Crippen MR) is 57.4 cm³/mol. The van der Waals surface area contributed by atoms with Crippen molar-refractivity contribution >= 4 is 9.04 Å². The Morgan fingerprint density at radius 3 is 1.40 bits per heavy atom. The molecule has 0 N–H and O–H groups in total. The maximum absolute atomic E-state index is 5.04. The van der Waals surface area contributed by atoms with E-state index in [4.69, 9.17) is 4.43 Å². The van der Waals surface area contributed by atoms with Gasteiger partial charge in [-0.3, -0.25) is 0 Å². The van der Waals surface area contributed by atoms with Gasteiger partial charge >= 0.3 is 0 Å². The van der Waals surface area contributed by atoms with Crippen LogP contribution in [0.15, 0.2) is 0 Å². The van der Waals surface area contributed by atoms with E-state index in [1.54, 1.807) is 7.11 Å². The third kappa shape index (κ3) is 24.1. The molecule has 0 heterocycles. The van der Waals surface area contributed by atoms with Crippen molar-refractivity contribution in [1.82, 2.24) is 0 Å². The molecular formula is C8H28OSi. The van der Waals surface area contributed by atoms with E-state index in [0.29, 0.717) is 0 Å². The van der Waals surface area contributed by atoms with E-state index in [0.717, 1.165) is 0 Å². The van der Waals surface area contributed by atoms with Gasteiger partial charge in [0.25, 0.3) is 0 Å². The molecule has 1 nitrogen and oxygen atoms in total. The lowest BCUT2D eigenvalue weighted by molar-refractivity contribution is 0.425. The van der Waals surface area contributed by atoms with Crippen LogP contribution in [0.3, 0.4) is 0 Å². The van der Waals surface area contributed by atoms with Crippen LogP contribution in [0.25, 0.3) is 0 Å². The summed E-state index contributed by atoms with van der Waals surface area (Å²) < 4.78 is 5.04. The normalized spacial score (nSPS) is 8.70. The highest BCUT2D eigenvalue weighted by molar-refractivity contribution is 6.49. The highest BCUT2D eigenvalue weighted by atomic mass is 28.3. The Morgan fingerprint density at radius 1 is 1.10 bits per heavy atom. The van der Waals surface area contributed by atoms with Crippen molar-refractivity contribution in [3.8, 4) is 0 Å². The third-order valence-electron chi connectivity index (χ3n) is 0.977. The second-order valence-corrected chi connectivity index (χ2v) is 4.36. The van der Waals surface area contributed by atoms with Gasteiger partial charge in [0.2, 0.25) is 0 Å². The van der Waals surface area contributed by atoms with Crippen LogP contribution in [-0.4, -0.2) is 16.2 Å². The Bertz CT molecular complexity index is 28.4. The molecule has 0 aromatic rings. The fourth-order valence-electron chi connectivity index (χ4n) is 0.167. The van der Waals surface area contributed by atoms with Gasteiger partial charge in [0, 0.05) is 7.11 Å². The summed E-state index contributed by atoms with van der Waals surface area (Å²) in [6.45, 7) is 4.36. The van der Waals surface area contributed by atoms with Crippen LogP contribution < -0.4 is 0 Å². The number of hydrogen-bond donors (Lipinski definition) is 0. The Balaban J connectivity index is -0.0000000208. The summed E-state index contributed by atoms with van der Waals surface area (Å²) in [6.07, 6.45) is 0. The highest BCUT2D eigenvalue weighted by Crippen LogP contribution is 1.86. The average molecular weight is 168 g/mol. The summed E-state index contributed by atoms with van der Waals surface area (Å²) in [5.41, 5.74) is 0. The Kier molecular flexibility index (Phi) is 73.2. The first-order valence-electron chi connectivity index (χ1n) is 2.34. The number of hydrogen-bond acceptors (Lipinski definition) is 1. The van der Waals surface area contributed by atoms with Gasteiger partial charge in [0.05, 0.1) is 0 Å². The Morgan fingerprint density at radius 2 is 1.40 bits per heavy atom.